The summed E-state index contributed by atoms with van der Waals surface area (Å²) in [5.74, 6) is 1.37. The maximum atomic E-state index is 13.3. The zero-order valence-electron chi connectivity index (χ0n) is 19.4. The standard InChI is InChI=1S/C22H30N6O5S/c1-3-11-27(12-13-29)34(31,32)16-9-10-18(33-4-2)17(14-16)19-23-22(30)21-25-24-20(28(21)26-19)15-7-5-6-8-15/h9-10,14-15,29H,3-8,11-13H2,1-2H3,(H,23,26,30). The summed E-state index contributed by atoms with van der Waals surface area (Å²) in [6, 6.07) is 4.47. The molecule has 0 saturated heterocycles. The highest BCUT2D eigenvalue weighted by Gasteiger charge is 2.27. The summed E-state index contributed by atoms with van der Waals surface area (Å²) in [5.41, 5.74) is -0.0248. The molecular weight excluding hydrogens is 460 g/mol. The van der Waals surface area contributed by atoms with Gasteiger partial charge in [-0.15, -0.1) is 15.3 Å². The van der Waals surface area contributed by atoms with E-state index in [-0.39, 0.29) is 42.0 Å². The summed E-state index contributed by atoms with van der Waals surface area (Å²) in [6.45, 7) is 4.01. The van der Waals surface area contributed by atoms with Crippen molar-refractivity contribution in [3.8, 4) is 17.1 Å². The van der Waals surface area contributed by atoms with Crippen molar-refractivity contribution < 1.29 is 18.3 Å². The highest BCUT2D eigenvalue weighted by molar-refractivity contribution is 7.89. The third kappa shape index (κ3) is 4.57. The smallest absolute Gasteiger partial charge is 0.296 e. The third-order valence-corrected chi connectivity index (χ3v) is 7.88. The number of H-pyrrole nitrogens is 1. The third-order valence-electron chi connectivity index (χ3n) is 5.99. The summed E-state index contributed by atoms with van der Waals surface area (Å²) in [6.07, 6.45) is 4.70. The maximum absolute atomic E-state index is 13.3. The molecule has 11 nitrogen and oxygen atoms in total. The number of hydrogen-bond acceptors (Lipinski definition) is 8. The lowest BCUT2D eigenvalue weighted by atomic mass is 10.1. The van der Waals surface area contributed by atoms with Gasteiger partial charge in [-0.2, -0.15) is 8.82 Å². The molecule has 4 rings (SSSR count). The Balaban J connectivity index is 1.86. The van der Waals surface area contributed by atoms with Crippen LogP contribution in [0.4, 0.5) is 0 Å². The predicted octanol–water partition coefficient (Wildman–Crippen LogP) is 1.93. The van der Waals surface area contributed by atoms with Gasteiger partial charge in [0, 0.05) is 19.0 Å². The number of nitrogens with zero attached hydrogens (tertiary/aromatic N) is 5. The Morgan fingerprint density at radius 3 is 2.65 bits per heavy atom. The van der Waals surface area contributed by atoms with Gasteiger partial charge in [0.25, 0.3) is 5.56 Å². The Morgan fingerprint density at radius 2 is 1.97 bits per heavy atom. The molecule has 1 aliphatic rings. The van der Waals surface area contributed by atoms with Gasteiger partial charge in [-0.25, -0.2) is 8.42 Å². The summed E-state index contributed by atoms with van der Waals surface area (Å²) in [5, 5.41) is 22.2. The van der Waals surface area contributed by atoms with Gasteiger partial charge < -0.3 is 14.8 Å². The fourth-order valence-corrected chi connectivity index (χ4v) is 5.93. The van der Waals surface area contributed by atoms with Gasteiger partial charge in [0.15, 0.2) is 11.6 Å². The fourth-order valence-electron chi connectivity index (χ4n) is 4.38. The zero-order valence-corrected chi connectivity index (χ0v) is 20.2. The Bertz CT molecular complexity index is 1310. The van der Waals surface area contributed by atoms with E-state index in [4.69, 9.17) is 4.74 Å². The molecule has 1 saturated carbocycles. The molecule has 1 fully saturated rings. The van der Waals surface area contributed by atoms with Crippen molar-refractivity contribution in [3.63, 3.8) is 0 Å². The molecule has 2 N–H and O–H groups in total. The topological polar surface area (TPSA) is 143 Å². The normalized spacial score (nSPS) is 14.9. The second-order valence-electron chi connectivity index (χ2n) is 8.30. The molecule has 0 radical (unpaired) electrons. The average molecular weight is 491 g/mol. The predicted molar refractivity (Wildman–Crippen MR) is 125 cm³/mol. The highest BCUT2D eigenvalue weighted by atomic mass is 32.2. The van der Waals surface area contributed by atoms with Gasteiger partial charge in [0.05, 0.1) is 23.7 Å². The van der Waals surface area contributed by atoms with Crippen molar-refractivity contribution in [3.05, 3.63) is 34.4 Å². The number of aromatic nitrogens is 5. The number of aliphatic hydroxyl groups excluding tert-OH is 1. The van der Waals surface area contributed by atoms with Crippen LogP contribution < -0.4 is 10.3 Å². The van der Waals surface area contributed by atoms with Crippen LogP contribution in [0.15, 0.2) is 27.9 Å². The van der Waals surface area contributed by atoms with Crippen LogP contribution in [0.5, 0.6) is 5.75 Å². The molecule has 0 amide bonds. The first kappa shape index (κ1) is 24.3. The van der Waals surface area contributed by atoms with E-state index in [1.165, 1.54) is 21.0 Å². The molecule has 2 aromatic heterocycles. The fraction of sp³-hybridized carbons (Fsp3) is 0.545. The van der Waals surface area contributed by atoms with E-state index in [0.717, 1.165) is 25.7 Å². The van der Waals surface area contributed by atoms with Crippen molar-refractivity contribution in [2.45, 2.75) is 56.8 Å². The van der Waals surface area contributed by atoms with E-state index in [1.54, 1.807) is 6.07 Å². The Kier molecular flexibility index (Phi) is 7.29. The molecular formula is C22H30N6O5S. The van der Waals surface area contributed by atoms with Crippen LogP contribution in [0.2, 0.25) is 0 Å². The number of hydrogen-bond donors (Lipinski definition) is 2. The maximum Gasteiger partial charge on any atom is 0.296 e. The van der Waals surface area contributed by atoms with Gasteiger partial charge >= 0.3 is 0 Å². The number of aliphatic hydroxyl groups is 1. The van der Waals surface area contributed by atoms with Crippen LogP contribution in [0, 0.1) is 0 Å². The largest absolute Gasteiger partial charge is 0.493 e. The molecule has 1 aromatic carbocycles. The van der Waals surface area contributed by atoms with E-state index in [0.29, 0.717) is 30.2 Å². The second kappa shape index (κ2) is 10.2. The SMILES string of the molecule is CCCN(CCO)S(=O)(=O)c1ccc(OCC)c(-c2nn3c(C4CCCC4)nnc3c(=O)[nH]2)c1. The lowest BCUT2D eigenvalue weighted by molar-refractivity contribution is 0.253. The number of nitrogens with one attached hydrogen (secondary N) is 1. The Morgan fingerprint density at radius 1 is 1.21 bits per heavy atom. The van der Waals surface area contributed by atoms with Gasteiger partial charge in [-0.3, -0.25) is 4.79 Å². The second-order valence-corrected chi connectivity index (χ2v) is 10.2. The number of sulfonamides is 1. The molecule has 0 spiro atoms. The van der Waals surface area contributed by atoms with Gasteiger partial charge in [-0.1, -0.05) is 19.8 Å². The number of ether oxygens (including phenoxy) is 1. The minimum atomic E-state index is -3.88. The van der Waals surface area contributed by atoms with E-state index >= 15 is 0 Å². The zero-order chi connectivity index (χ0) is 24.3. The summed E-state index contributed by atoms with van der Waals surface area (Å²) >= 11 is 0. The minimum Gasteiger partial charge on any atom is -0.493 e. The van der Waals surface area contributed by atoms with E-state index in [2.05, 4.69) is 20.3 Å². The molecule has 34 heavy (non-hydrogen) atoms. The summed E-state index contributed by atoms with van der Waals surface area (Å²) in [7, 11) is -3.88. The molecule has 12 heteroatoms. The van der Waals surface area contributed by atoms with Crippen LogP contribution in [-0.4, -0.2) is 68.9 Å². The molecule has 0 unspecified atom stereocenters. The summed E-state index contributed by atoms with van der Waals surface area (Å²) < 4.78 is 35.0. The lowest BCUT2D eigenvalue weighted by Gasteiger charge is -2.21. The van der Waals surface area contributed by atoms with Gasteiger partial charge in [0.1, 0.15) is 5.75 Å². The number of fused-ring (bicyclic) bond motifs is 1. The van der Waals surface area contributed by atoms with Gasteiger partial charge in [0.2, 0.25) is 15.7 Å². The molecule has 0 aliphatic heterocycles. The quantitative estimate of drug-likeness (QED) is 0.439. The molecule has 2 heterocycles. The first-order valence-corrected chi connectivity index (χ1v) is 13.1. The van der Waals surface area contributed by atoms with Crippen molar-refractivity contribution in [1.82, 2.24) is 29.1 Å². The molecule has 184 valence electrons. The number of rotatable bonds is 10. The van der Waals surface area contributed by atoms with Crippen molar-refractivity contribution in [1.29, 1.82) is 0 Å². The molecule has 0 bridgehead atoms. The minimum absolute atomic E-state index is 0.00872. The van der Waals surface area contributed by atoms with Crippen LogP contribution in [0.3, 0.4) is 0 Å². The number of aromatic amines is 1. The van der Waals surface area contributed by atoms with Crippen molar-refractivity contribution >= 4 is 15.7 Å². The van der Waals surface area contributed by atoms with Crippen molar-refractivity contribution in [2.24, 2.45) is 0 Å². The van der Waals surface area contributed by atoms with Crippen LogP contribution >= 0.6 is 0 Å². The molecule has 3 aromatic rings. The number of benzene rings is 1. The van der Waals surface area contributed by atoms with E-state index < -0.39 is 15.6 Å². The van der Waals surface area contributed by atoms with Crippen LogP contribution in [-0.2, 0) is 10.0 Å². The first-order chi connectivity index (χ1) is 16.4. The monoisotopic (exact) mass is 490 g/mol. The first-order valence-electron chi connectivity index (χ1n) is 11.6. The van der Waals surface area contributed by atoms with Crippen LogP contribution in [0.25, 0.3) is 17.0 Å². The Hall–Kier alpha value is -2.83. The van der Waals surface area contributed by atoms with E-state index in [1.807, 2.05) is 13.8 Å². The molecule has 0 atom stereocenters. The van der Waals surface area contributed by atoms with Crippen LogP contribution in [0.1, 0.15) is 57.7 Å². The van der Waals surface area contributed by atoms with Crippen molar-refractivity contribution in [2.75, 3.05) is 26.3 Å². The lowest BCUT2D eigenvalue weighted by Crippen LogP contribution is -2.34. The van der Waals surface area contributed by atoms with E-state index in [9.17, 15) is 18.3 Å². The highest BCUT2D eigenvalue weighted by Crippen LogP contribution is 2.34. The average Bonchev–Trinajstić information content (AvgIpc) is 3.49. The molecule has 1 aliphatic carbocycles. The van der Waals surface area contributed by atoms with Gasteiger partial charge in [-0.05, 0) is 44.4 Å². The Labute approximate surface area is 197 Å². The summed E-state index contributed by atoms with van der Waals surface area (Å²) in [4.78, 5) is 15.5.